The van der Waals surface area contributed by atoms with Gasteiger partial charge in [-0.1, -0.05) is 17.7 Å². The zero-order chi connectivity index (χ0) is 18.3. The second-order valence-corrected chi connectivity index (χ2v) is 6.00. The maximum Gasteiger partial charge on any atom is 0.343 e. The number of fused-ring (bicyclic) bond motifs is 1. The summed E-state index contributed by atoms with van der Waals surface area (Å²) in [6.45, 7) is 0. The van der Waals surface area contributed by atoms with Gasteiger partial charge in [0, 0.05) is 17.0 Å². The molecule has 1 aromatic carbocycles. The second kappa shape index (κ2) is 6.42. The number of esters is 1. The molecule has 0 aliphatic carbocycles. The monoisotopic (exact) mass is 374 g/mol. The molecule has 6 nitrogen and oxygen atoms in total. The lowest BCUT2D eigenvalue weighted by Gasteiger charge is -2.12. The van der Waals surface area contributed by atoms with Crippen LogP contribution >= 0.6 is 11.6 Å². The molecule has 0 saturated carbocycles. The number of aromatic nitrogens is 2. The van der Waals surface area contributed by atoms with Crippen LogP contribution in [-0.2, 0) is 11.2 Å². The van der Waals surface area contributed by atoms with E-state index in [1.165, 1.54) is 25.5 Å². The minimum absolute atomic E-state index is 0.0437. The Hall–Kier alpha value is -2.93. The van der Waals surface area contributed by atoms with Gasteiger partial charge < -0.3 is 13.9 Å². The van der Waals surface area contributed by atoms with Crippen LogP contribution in [-0.4, -0.2) is 23.0 Å². The number of methoxy groups -OCH3 is 1. The van der Waals surface area contributed by atoms with Crippen LogP contribution in [0.15, 0.2) is 41.0 Å². The number of carbonyl (C=O) groups is 1. The Bertz CT molecular complexity index is 971. The van der Waals surface area contributed by atoms with Crippen LogP contribution in [0.5, 0.6) is 6.01 Å². The van der Waals surface area contributed by atoms with Gasteiger partial charge >= 0.3 is 12.0 Å². The molecule has 1 aliphatic rings. The molecular formula is C18H12ClFN2O4. The number of halogens is 2. The number of rotatable bonds is 4. The van der Waals surface area contributed by atoms with Crippen molar-refractivity contribution in [1.82, 2.24) is 9.97 Å². The van der Waals surface area contributed by atoms with E-state index in [1.54, 1.807) is 18.2 Å². The van der Waals surface area contributed by atoms with Crippen molar-refractivity contribution in [2.75, 3.05) is 7.11 Å². The number of ether oxygens (including phenoxy) is 2. The van der Waals surface area contributed by atoms with E-state index in [2.05, 4.69) is 9.97 Å². The van der Waals surface area contributed by atoms with Crippen molar-refractivity contribution in [3.8, 4) is 17.5 Å². The predicted octanol–water partition coefficient (Wildman–Crippen LogP) is 3.99. The molecule has 1 atom stereocenters. The normalized spacial score (nSPS) is 15.7. The molecule has 1 aliphatic heterocycles. The van der Waals surface area contributed by atoms with Gasteiger partial charge in [0.15, 0.2) is 5.76 Å². The number of hydrogen-bond acceptors (Lipinski definition) is 6. The zero-order valence-corrected chi connectivity index (χ0v) is 14.3. The third-order valence-corrected chi connectivity index (χ3v) is 4.42. The number of furan rings is 1. The molecule has 132 valence electrons. The summed E-state index contributed by atoms with van der Waals surface area (Å²) in [6.07, 6.45) is 0.701. The van der Waals surface area contributed by atoms with Gasteiger partial charge in [0.2, 0.25) is 0 Å². The van der Waals surface area contributed by atoms with Crippen LogP contribution in [0, 0.1) is 5.82 Å². The Morgan fingerprint density at radius 3 is 2.81 bits per heavy atom. The van der Waals surface area contributed by atoms with Crippen LogP contribution in [0.1, 0.15) is 27.7 Å². The predicted molar refractivity (Wildman–Crippen MR) is 89.6 cm³/mol. The van der Waals surface area contributed by atoms with Crippen molar-refractivity contribution in [3.05, 3.63) is 64.3 Å². The number of hydrogen-bond donors (Lipinski definition) is 0. The summed E-state index contributed by atoms with van der Waals surface area (Å²) < 4.78 is 30.0. The van der Waals surface area contributed by atoms with Gasteiger partial charge in [-0.2, -0.15) is 9.97 Å². The van der Waals surface area contributed by atoms with E-state index < -0.39 is 17.9 Å². The second-order valence-electron chi connectivity index (χ2n) is 5.59. The van der Waals surface area contributed by atoms with Crippen LogP contribution in [0.4, 0.5) is 4.39 Å². The first-order chi connectivity index (χ1) is 12.6. The third kappa shape index (κ3) is 2.70. The van der Waals surface area contributed by atoms with E-state index in [4.69, 9.17) is 25.5 Å². The number of benzene rings is 1. The summed E-state index contributed by atoms with van der Waals surface area (Å²) >= 11 is 6.09. The van der Waals surface area contributed by atoms with Gasteiger partial charge in [0.25, 0.3) is 0 Å². The standard InChI is InChI=1S/C18H12ClFN2O4/c1-24-18-21-15(12-6-3-7-25-12)14-16(22-18)13(26-17(14)23)8-9-10(19)4-2-5-11(9)20/h2-7,13H,8H2,1H3. The summed E-state index contributed by atoms with van der Waals surface area (Å²) in [5, 5.41) is 0.252. The van der Waals surface area contributed by atoms with Gasteiger partial charge in [-0.25, -0.2) is 9.18 Å². The molecule has 3 aromatic rings. The third-order valence-electron chi connectivity index (χ3n) is 4.06. The molecule has 0 saturated heterocycles. The molecule has 0 bridgehead atoms. The van der Waals surface area contributed by atoms with Crippen LogP contribution in [0.25, 0.3) is 11.5 Å². The molecular weight excluding hydrogens is 363 g/mol. The molecule has 3 heterocycles. The van der Waals surface area contributed by atoms with E-state index in [-0.39, 0.29) is 34.3 Å². The smallest absolute Gasteiger partial charge is 0.343 e. The van der Waals surface area contributed by atoms with Gasteiger partial charge in [0.1, 0.15) is 28.9 Å². The molecule has 8 heteroatoms. The fraction of sp³-hybridized carbons (Fsp3) is 0.167. The zero-order valence-electron chi connectivity index (χ0n) is 13.5. The van der Waals surface area contributed by atoms with Crippen molar-refractivity contribution < 1.29 is 23.1 Å². The Morgan fingerprint density at radius 1 is 1.27 bits per heavy atom. The molecule has 0 spiro atoms. The van der Waals surface area contributed by atoms with Crippen LogP contribution < -0.4 is 4.74 Å². The highest BCUT2D eigenvalue weighted by Gasteiger charge is 2.38. The van der Waals surface area contributed by atoms with Crippen molar-refractivity contribution in [1.29, 1.82) is 0 Å². The molecule has 2 aromatic heterocycles. The lowest BCUT2D eigenvalue weighted by molar-refractivity contribution is 0.0380. The highest BCUT2D eigenvalue weighted by molar-refractivity contribution is 6.31. The van der Waals surface area contributed by atoms with E-state index >= 15 is 0 Å². The average Bonchev–Trinajstić information content (AvgIpc) is 3.26. The Labute approximate surface area is 152 Å². The van der Waals surface area contributed by atoms with Gasteiger partial charge in [-0.05, 0) is 24.3 Å². The Balaban J connectivity index is 1.82. The SMILES string of the molecule is COc1nc(-c2ccco2)c2c(n1)C(Cc1c(F)cccc1Cl)OC2=O. The van der Waals surface area contributed by atoms with Crippen LogP contribution in [0.3, 0.4) is 0 Å². The molecule has 4 rings (SSSR count). The molecule has 0 amide bonds. The summed E-state index contributed by atoms with van der Waals surface area (Å²) in [7, 11) is 1.41. The average molecular weight is 375 g/mol. The molecule has 26 heavy (non-hydrogen) atoms. The Morgan fingerprint density at radius 2 is 2.12 bits per heavy atom. The van der Waals surface area contributed by atoms with Crippen LogP contribution in [0.2, 0.25) is 5.02 Å². The minimum Gasteiger partial charge on any atom is -0.467 e. The highest BCUT2D eigenvalue weighted by atomic mass is 35.5. The fourth-order valence-electron chi connectivity index (χ4n) is 2.87. The lowest BCUT2D eigenvalue weighted by atomic mass is 10.0. The van der Waals surface area contributed by atoms with Crippen molar-refractivity contribution in [3.63, 3.8) is 0 Å². The molecule has 0 radical (unpaired) electrons. The maximum atomic E-state index is 14.1. The van der Waals surface area contributed by atoms with Crippen molar-refractivity contribution >= 4 is 17.6 Å². The first kappa shape index (κ1) is 16.5. The largest absolute Gasteiger partial charge is 0.467 e. The first-order valence-corrected chi connectivity index (χ1v) is 8.10. The molecule has 0 N–H and O–H groups in total. The summed E-state index contributed by atoms with van der Waals surface area (Å²) in [6, 6.07) is 7.78. The Kier molecular flexibility index (Phi) is 4.08. The van der Waals surface area contributed by atoms with E-state index in [9.17, 15) is 9.18 Å². The quantitative estimate of drug-likeness (QED) is 0.643. The summed E-state index contributed by atoms with van der Waals surface area (Å²) in [5.74, 6) is -0.704. The maximum absolute atomic E-state index is 14.1. The molecule has 0 fully saturated rings. The summed E-state index contributed by atoms with van der Waals surface area (Å²) in [4.78, 5) is 20.9. The summed E-state index contributed by atoms with van der Waals surface area (Å²) in [5.41, 5.74) is 1.01. The van der Waals surface area contributed by atoms with E-state index in [0.29, 0.717) is 11.5 Å². The van der Waals surface area contributed by atoms with Gasteiger partial charge in [-0.3, -0.25) is 0 Å². The highest BCUT2D eigenvalue weighted by Crippen LogP contribution is 2.39. The van der Waals surface area contributed by atoms with Gasteiger partial charge in [0.05, 0.1) is 13.4 Å². The first-order valence-electron chi connectivity index (χ1n) is 7.72. The fourth-order valence-corrected chi connectivity index (χ4v) is 3.11. The molecule has 1 unspecified atom stereocenters. The van der Waals surface area contributed by atoms with Crippen molar-refractivity contribution in [2.45, 2.75) is 12.5 Å². The van der Waals surface area contributed by atoms with E-state index in [1.807, 2.05) is 0 Å². The minimum atomic E-state index is -0.808. The lowest BCUT2D eigenvalue weighted by Crippen LogP contribution is -2.07. The topological polar surface area (TPSA) is 74.5 Å². The number of nitrogens with zero attached hydrogens (tertiary/aromatic N) is 2. The van der Waals surface area contributed by atoms with E-state index in [0.717, 1.165) is 0 Å². The van der Waals surface area contributed by atoms with Crippen molar-refractivity contribution in [2.24, 2.45) is 0 Å². The van der Waals surface area contributed by atoms with Gasteiger partial charge in [-0.15, -0.1) is 0 Å². The number of carbonyl (C=O) groups excluding carboxylic acids is 1. The number of cyclic esters (lactones) is 1.